The molecule has 6 heteroatoms. The van der Waals surface area contributed by atoms with Gasteiger partial charge in [-0.05, 0) is 18.6 Å². The standard InChI is InChI=1S/C11H13N5O/c1-8-9(3-10(4-12)16(8)2)5-13-6-11-14-7-17-15-11/h3,7,13H,5-6H2,1-2H3. The minimum absolute atomic E-state index is 0.548. The fourth-order valence-electron chi connectivity index (χ4n) is 1.63. The number of rotatable bonds is 4. The quantitative estimate of drug-likeness (QED) is 0.844. The van der Waals surface area contributed by atoms with Crippen LogP contribution in [0.2, 0.25) is 0 Å². The van der Waals surface area contributed by atoms with Crippen LogP contribution in [0.3, 0.4) is 0 Å². The Hall–Kier alpha value is -2.13. The van der Waals surface area contributed by atoms with Crippen molar-refractivity contribution in [3.05, 3.63) is 35.2 Å². The molecule has 0 saturated carbocycles. The van der Waals surface area contributed by atoms with Crippen molar-refractivity contribution in [3.8, 4) is 6.07 Å². The van der Waals surface area contributed by atoms with E-state index in [2.05, 4.69) is 26.0 Å². The number of hydrogen-bond donors (Lipinski definition) is 1. The molecule has 0 spiro atoms. The molecule has 88 valence electrons. The molecule has 0 amide bonds. The maximum absolute atomic E-state index is 8.91. The third-order valence-electron chi connectivity index (χ3n) is 2.76. The summed E-state index contributed by atoms with van der Waals surface area (Å²) in [5.74, 6) is 0.624. The second kappa shape index (κ2) is 4.80. The highest BCUT2D eigenvalue weighted by molar-refractivity contribution is 5.33. The van der Waals surface area contributed by atoms with Crippen LogP contribution in [0.15, 0.2) is 17.0 Å². The van der Waals surface area contributed by atoms with E-state index in [1.165, 1.54) is 6.39 Å². The molecule has 0 aliphatic carbocycles. The summed E-state index contributed by atoms with van der Waals surface area (Å²) in [6.45, 7) is 3.22. The van der Waals surface area contributed by atoms with Gasteiger partial charge in [0.15, 0.2) is 5.82 Å². The Morgan fingerprint density at radius 1 is 1.53 bits per heavy atom. The average molecular weight is 231 g/mol. The molecule has 0 radical (unpaired) electrons. The Morgan fingerprint density at radius 2 is 2.35 bits per heavy atom. The number of aromatic nitrogens is 3. The first kappa shape index (κ1) is 11.4. The number of nitrogens with one attached hydrogen (secondary N) is 1. The Labute approximate surface area is 98.9 Å². The Balaban J connectivity index is 1.98. The van der Waals surface area contributed by atoms with Gasteiger partial charge in [0.1, 0.15) is 11.8 Å². The highest BCUT2D eigenvalue weighted by Crippen LogP contribution is 2.12. The van der Waals surface area contributed by atoms with Gasteiger partial charge in [-0.2, -0.15) is 10.2 Å². The fraction of sp³-hybridized carbons (Fsp3) is 0.364. The van der Waals surface area contributed by atoms with Crippen molar-refractivity contribution in [2.75, 3.05) is 0 Å². The minimum atomic E-state index is 0.548. The summed E-state index contributed by atoms with van der Waals surface area (Å²) in [6.07, 6.45) is 1.30. The van der Waals surface area contributed by atoms with Gasteiger partial charge >= 0.3 is 0 Å². The second-order valence-electron chi connectivity index (χ2n) is 3.76. The zero-order chi connectivity index (χ0) is 12.3. The van der Waals surface area contributed by atoms with Gasteiger partial charge in [0.05, 0.1) is 6.54 Å². The summed E-state index contributed by atoms with van der Waals surface area (Å²) in [5.41, 5.74) is 2.86. The predicted molar refractivity (Wildman–Crippen MR) is 59.7 cm³/mol. The first-order valence-electron chi connectivity index (χ1n) is 5.23. The van der Waals surface area contributed by atoms with Crippen LogP contribution in [-0.2, 0) is 20.1 Å². The monoisotopic (exact) mass is 231 g/mol. The molecule has 0 saturated heterocycles. The molecule has 2 aromatic rings. The minimum Gasteiger partial charge on any atom is -0.343 e. The molecule has 0 aromatic carbocycles. The van der Waals surface area contributed by atoms with Crippen LogP contribution in [0.5, 0.6) is 0 Å². The molecule has 0 bridgehead atoms. The molecular weight excluding hydrogens is 218 g/mol. The van der Waals surface area contributed by atoms with E-state index in [4.69, 9.17) is 5.26 Å². The van der Waals surface area contributed by atoms with Gasteiger partial charge in [-0.3, -0.25) is 0 Å². The van der Waals surface area contributed by atoms with Gasteiger partial charge in [0.2, 0.25) is 6.39 Å². The lowest BCUT2D eigenvalue weighted by molar-refractivity contribution is 0.407. The lowest BCUT2D eigenvalue weighted by Crippen LogP contribution is -2.14. The molecule has 2 aromatic heterocycles. The Kier molecular flexibility index (Phi) is 3.21. The Bertz CT molecular complexity index is 535. The maximum atomic E-state index is 8.91. The van der Waals surface area contributed by atoms with Gasteiger partial charge < -0.3 is 14.4 Å². The van der Waals surface area contributed by atoms with Crippen LogP contribution >= 0.6 is 0 Å². The first-order valence-corrected chi connectivity index (χ1v) is 5.23. The summed E-state index contributed by atoms with van der Waals surface area (Å²) in [4.78, 5) is 3.91. The summed E-state index contributed by atoms with van der Waals surface area (Å²) < 4.78 is 6.51. The largest absolute Gasteiger partial charge is 0.343 e. The predicted octanol–water partition coefficient (Wildman–Crippen LogP) is 0.878. The molecule has 1 N–H and O–H groups in total. The maximum Gasteiger partial charge on any atom is 0.213 e. The van der Waals surface area contributed by atoms with Crippen LogP contribution < -0.4 is 5.32 Å². The van der Waals surface area contributed by atoms with Gasteiger partial charge in [-0.15, -0.1) is 0 Å². The van der Waals surface area contributed by atoms with Crippen LogP contribution in [-0.4, -0.2) is 14.7 Å². The molecule has 2 rings (SSSR count). The molecule has 0 aliphatic rings. The van der Waals surface area contributed by atoms with Crippen molar-refractivity contribution < 1.29 is 4.52 Å². The van der Waals surface area contributed by atoms with E-state index >= 15 is 0 Å². The van der Waals surface area contributed by atoms with Crippen LogP contribution in [0, 0.1) is 18.3 Å². The van der Waals surface area contributed by atoms with E-state index in [9.17, 15) is 0 Å². The molecule has 17 heavy (non-hydrogen) atoms. The van der Waals surface area contributed by atoms with Gasteiger partial charge in [-0.1, -0.05) is 5.16 Å². The summed E-state index contributed by atoms with van der Waals surface area (Å²) in [6, 6.07) is 4.04. The highest BCUT2D eigenvalue weighted by Gasteiger charge is 2.08. The normalized spacial score (nSPS) is 10.4. The van der Waals surface area contributed by atoms with Gasteiger partial charge in [-0.25, -0.2) is 0 Å². The lowest BCUT2D eigenvalue weighted by Gasteiger charge is -2.02. The van der Waals surface area contributed by atoms with Crippen molar-refractivity contribution in [3.63, 3.8) is 0 Å². The molecule has 0 unspecified atom stereocenters. The molecule has 0 atom stereocenters. The SMILES string of the molecule is Cc1c(CNCc2ncon2)cc(C#N)n1C. The van der Waals surface area contributed by atoms with Crippen LogP contribution in [0.25, 0.3) is 0 Å². The Morgan fingerprint density at radius 3 is 2.94 bits per heavy atom. The lowest BCUT2D eigenvalue weighted by atomic mass is 10.2. The summed E-state index contributed by atoms with van der Waals surface area (Å²) in [7, 11) is 1.89. The molecule has 6 nitrogen and oxygen atoms in total. The van der Waals surface area contributed by atoms with Gasteiger partial charge in [0, 0.05) is 19.3 Å². The number of hydrogen-bond acceptors (Lipinski definition) is 5. The summed E-state index contributed by atoms with van der Waals surface area (Å²) >= 11 is 0. The van der Waals surface area contributed by atoms with E-state index in [1.807, 2.05) is 24.6 Å². The average Bonchev–Trinajstić information content (AvgIpc) is 2.92. The van der Waals surface area contributed by atoms with E-state index in [0.717, 1.165) is 11.3 Å². The van der Waals surface area contributed by atoms with Crippen LogP contribution in [0.1, 0.15) is 22.8 Å². The van der Waals surface area contributed by atoms with E-state index in [1.54, 1.807) is 0 Å². The molecule has 0 fully saturated rings. The highest BCUT2D eigenvalue weighted by atomic mass is 16.5. The number of nitrogens with zero attached hydrogens (tertiary/aromatic N) is 4. The zero-order valence-corrected chi connectivity index (χ0v) is 9.77. The van der Waals surface area contributed by atoms with Crippen molar-refractivity contribution in [1.82, 2.24) is 20.0 Å². The second-order valence-corrected chi connectivity index (χ2v) is 3.76. The van der Waals surface area contributed by atoms with E-state index < -0.39 is 0 Å². The fourth-order valence-corrected chi connectivity index (χ4v) is 1.63. The number of nitriles is 1. The molecular formula is C11H13N5O. The summed E-state index contributed by atoms with van der Waals surface area (Å²) in [5, 5.41) is 15.8. The van der Waals surface area contributed by atoms with E-state index in [0.29, 0.717) is 24.6 Å². The van der Waals surface area contributed by atoms with Crippen molar-refractivity contribution in [2.45, 2.75) is 20.0 Å². The van der Waals surface area contributed by atoms with Crippen molar-refractivity contribution in [1.29, 1.82) is 5.26 Å². The van der Waals surface area contributed by atoms with Crippen LogP contribution in [0.4, 0.5) is 0 Å². The van der Waals surface area contributed by atoms with E-state index in [-0.39, 0.29) is 0 Å². The van der Waals surface area contributed by atoms with Crippen molar-refractivity contribution >= 4 is 0 Å². The molecule has 0 aliphatic heterocycles. The topological polar surface area (TPSA) is 79.7 Å². The zero-order valence-electron chi connectivity index (χ0n) is 9.77. The third-order valence-corrected chi connectivity index (χ3v) is 2.76. The third kappa shape index (κ3) is 2.34. The smallest absolute Gasteiger partial charge is 0.213 e. The van der Waals surface area contributed by atoms with Gasteiger partial charge in [0.25, 0.3) is 0 Å². The molecule has 2 heterocycles. The van der Waals surface area contributed by atoms with Crippen molar-refractivity contribution in [2.24, 2.45) is 7.05 Å². The first-order chi connectivity index (χ1) is 8.22.